The molecule has 9 heteroatoms. The van der Waals surface area contributed by atoms with Crippen molar-refractivity contribution in [3.05, 3.63) is 23.9 Å². The summed E-state index contributed by atoms with van der Waals surface area (Å²) in [4.78, 5) is 10.7. The molecule has 1 aromatic heterocycles. The molecule has 0 radical (unpaired) electrons. The molecule has 2 rings (SSSR count). The number of halogens is 4. The number of rotatable bonds is 5. The molecule has 2 heterocycles. The molecule has 148 valence electrons. The first-order valence-electron chi connectivity index (χ1n) is 8.69. The monoisotopic (exact) mass is 485 g/mol. The first-order chi connectivity index (χ1) is 12.0. The number of alkyl halides is 3. The van der Waals surface area contributed by atoms with Gasteiger partial charge in [0.2, 0.25) is 0 Å². The minimum Gasteiger partial charge on any atom is -0.357 e. The van der Waals surface area contributed by atoms with Crippen LogP contribution in [0.2, 0.25) is 0 Å². The van der Waals surface area contributed by atoms with E-state index in [1.165, 1.54) is 32.7 Å². The van der Waals surface area contributed by atoms with E-state index in [2.05, 4.69) is 25.5 Å². The van der Waals surface area contributed by atoms with Gasteiger partial charge < -0.3 is 15.5 Å². The van der Waals surface area contributed by atoms with Crippen LogP contribution in [0.3, 0.4) is 0 Å². The lowest BCUT2D eigenvalue weighted by molar-refractivity contribution is -0.132. The van der Waals surface area contributed by atoms with Crippen molar-refractivity contribution in [1.29, 1.82) is 0 Å². The number of nitrogens with one attached hydrogen (secondary N) is 2. The van der Waals surface area contributed by atoms with Crippen LogP contribution in [0.15, 0.2) is 23.3 Å². The van der Waals surface area contributed by atoms with Gasteiger partial charge in [-0.15, -0.1) is 24.0 Å². The zero-order valence-corrected chi connectivity index (χ0v) is 17.3. The van der Waals surface area contributed by atoms with Gasteiger partial charge in [-0.05, 0) is 24.5 Å². The average Bonchev–Trinajstić information content (AvgIpc) is 2.87. The van der Waals surface area contributed by atoms with Crippen molar-refractivity contribution in [1.82, 2.24) is 15.6 Å². The molecule has 5 nitrogen and oxygen atoms in total. The third-order valence-corrected chi connectivity index (χ3v) is 4.12. The van der Waals surface area contributed by atoms with Crippen LogP contribution < -0.4 is 15.5 Å². The summed E-state index contributed by atoms with van der Waals surface area (Å²) in [5.41, 5.74) is 0.956. The number of nitrogens with zero attached hydrogens (tertiary/aromatic N) is 3. The summed E-state index contributed by atoms with van der Waals surface area (Å²) in [7, 11) is 1.53. The first-order valence-corrected chi connectivity index (χ1v) is 8.69. The number of anilines is 1. The van der Waals surface area contributed by atoms with Gasteiger partial charge in [0.15, 0.2) is 5.96 Å². The standard InChI is InChI=1S/C17H26F3N5.HI/c1-21-16(22-9-8-17(18,19)20)24-13-14-6-7-15(23-12-14)25-10-4-2-3-5-11-25;/h6-7,12H,2-5,8-11,13H2,1H3,(H2,21,22,24);1H. The fraction of sp³-hybridized carbons (Fsp3) is 0.647. The number of aromatic nitrogens is 1. The Balaban J connectivity index is 0.00000338. The quantitative estimate of drug-likeness (QED) is 0.380. The lowest BCUT2D eigenvalue weighted by Gasteiger charge is -2.21. The number of hydrogen-bond donors (Lipinski definition) is 2. The molecule has 1 fully saturated rings. The molecule has 0 spiro atoms. The van der Waals surface area contributed by atoms with Crippen LogP contribution in [-0.2, 0) is 6.54 Å². The van der Waals surface area contributed by atoms with Crippen molar-refractivity contribution in [2.24, 2.45) is 4.99 Å². The molecule has 0 aliphatic carbocycles. The maximum Gasteiger partial charge on any atom is 0.390 e. The van der Waals surface area contributed by atoms with Crippen molar-refractivity contribution in [2.45, 2.75) is 44.8 Å². The molecule has 26 heavy (non-hydrogen) atoms. The van der Waals surface area contributed by atoms with Crippen LogP contribution in [0.4, 0.5) is 19.0 Å². The Hall–Kier alpha value is -1.26. The second kappa shape index (κ2) is 11.5. The molecule has 1 saturated heterocycles. The number of hydrogen-bond acceptors (Lipinski definition) is 3. The van der Waals surface area contributed by atoms with E-state index < -0.39 is 12.6 Å². The highest BCUT2D eigenvalue weighted by atomic mass is 127. The summed E-state index contributed by atoms with van der Waals surface area (Å²) in [6.07, 6.45) is 1.70. The Morgan fingerprint density at radius 1 is 1.15 bits per heavy atom. The summed E-state index contributed by atoms with van der Waals surface area (Å²) in [6, 6.07) is 3.99. The van der Waals surface area contributed by atoms with E-state index in [1.54, 1.807) is 6.20 Å². The van der Waals surface area contributed by atoms with Gasteiger partial charge in [0.1, 0.15) is 5.82 Å². The van der Waals surface area contributed by atoms with Gasteiger partial charge in [0, 0.05) is 39.4 Å². The Bertz CT molecular complexity index is 540. The van der Waals surface area contributed by atoms with Gasteiger partial charge in [-0.25, -0.2) is 4.98 Å². The van der Waals surface area contributed by atoms with Crippen LogP contribution >= 0.6 is 24.0 Å². The maximum absolute atomic E-state index is 12.2. The van der Waals surface area contributed by atoms with E-state index in [1.807, 2.05) is 12.1 Å². The van der Waals surface area contributed by atoms with E-state index in [-0.39, 0.29) is 30.5 Å². The molecular formula is C17H27F3IN5. The van der Waals surface area contributed by atoms with Crippen LogP contribution in [0.25, 0.3) is 0 Å². The molecule has 1 aliphatic rings. The molecule has 1 aliphatic heterocycles. The first kappa shape index (κ1) is 22.8. The molecular weight excluding hydrogens is 458 g/mol. The second-order valence-corrected chi connectivity index (χ2v) is 6.14. The van der Waals surface area contributed by atoms with E-state index in [0.29, 0.717) is 12.5 Å². The van der Waals surface area contributed by atoms with E-state index in [9.17, 15) is 13.2 Å². The molecule has 1 aromatic rings. The van der Waals surface area contributed by atoms with Crippen molar-refractivity contribution in [3.8, 4) is 0 Å². The van der Waals surface area contributed by atoms with Gasteiger partial charge in [-0.1, -0.05) is 18.9 Å². The average molecular weight is 485 g/mol. The lowest BCUT2D eigenvalue weighted by Crippen LogP contribution is -2.38. The molecule has 0 unspecified atom stereocenters. The van der Waals surface area contributed by atoms with E-state index in [4.69, 9.17) is 0 Å². The second-order valence-electron chi connectivity index (χ2n) is 6.14. The Labute approximate surface area is 169 Å². The van der Waals surface area contributed by atoms with E-state index in [0.717, 1.165) is 24.5 Å². The summed E-state index contributed by atoms with van der Waals surface area (Å²) >= 11 is 0. The Kier molecular flexibility index (Phi) is 10.0. The number of aliphatic imine (C=N–C) groups is 1. The molecule has 2 N–H and O–H groups in total. The summed E-state index contributed by atoms with van der Waals surface area (Å²) in [5, 5.41) is 5.66. The third-order valence-electron chi connectivity index (χ3n) is 4.12. The van der Waals surface area contributed by atoms with Crippen molar-refractivity contribution in [2.75, 3.05) is 31.6 Å². The molecule has 0 amide bonds. The highest BCUT2D eigenvalue weighted by Gasteiger charge is 2.26. The SMILES string of the molecule is CN=C(NCCC(F)(F)F)NCc1ccc(N2CCCCCC2)nc1.I. The summed E-state index contributed by atoms with van der Waals surface area (Å²) < 4.78 is 36.5. The zero-order chi connectivity index (χ0) is 18.1. The van der Waals surface area contributed by atoms with Crippen LogP contribution in [0.1, 0.15) is 37.7 Å². The lowest BCUT2D eigenvalue weighted by atomic mass is 10.2. The van der Waals surface area contributed by atoms with Gasteiger partial charge in [0.25, 0.3) is 0 Å². The van der Waals surface area contributed by atoms with Crippen LogP contribution in [-0.4, -0.2) is 43.8 Å². The maximum atomic E-state index is 12.2. The van der Waals surface area contributed by atoms with Gasteiger partial charge in [0.05, 0.1) is 6.42 Å². The Morgan fingerprint density at radius 2 is 1.85 bits per heavy atom. The van der Waals surface area contributed by atoms with E-state index >= 15 is 0 Å². The number of guanidine groups is 1. The van der Waals surface area contributed by atoms with Crippen molar-refractivity contribution < 1.29 is 13.2 Å². The van der Waals surface area contributed by atoms with Crippen LogP contribution in [0.5, 0.6) is 0 Å². The number of pyridine rings is 1. The third kappa shape index (κ3) is 8.41. The highest BCUT2D eigenvalue weighted by Crippen LogP contribution is 2.18. The predicted octanol–water partition coefficient (Wildman–Crippen LogP) is 3.70. The van der Waals surface area contributed by atoms with Crippen molar-refractivity contribution >= 4 is 35.8 Å². The molecule has 0 saturated carbocycles. The molecule has 0 atom stereocenters. The fourth-order valence-corrected chi connectivity index (χ4v) is 2.74. The van der Waals surface area contributed by atoms with Crippen molar-refractivity contribution in [3.63, 3.8) is 0 Å². The van der Waals surface area contributed by atoms with Gasteiger partial charge >= 0.3 is 6.18 Å². The summed E-state index contributed by atoms with van der Waals surface area (Å²) in [5.74, 6) is 1.33. The Morgan fingerprint density at radius 3 is 2.38 bits per heavy atom. The molecule has 0 bridgehead atoms. The molecule has 0 aromatic carbocycles. The largest absolute Gasteiger partial charge is 0.390 e. The van der Waals surface area contributed by atoms with Gasteiger partial charge in [-0.3, -0.25) is 4.99 Å². The highest BCUT2D eigenvalue weighted by molar-refractivity contribution is 14.0. The smallest absolute Gasteiger partial charge is 0.357 e. The minimum absolute atomic E-state index is 0. The fourth-order valence-electron chi connectivity index (χ4n) is 2.74. The normalized spacial score (nSPS) is 15.8. The predicted molar refractivity (Wildman–Crippen MR) is 109 cm³/mol. The van der Waals surface area contributed by atoms with Gasteiger partial charge in [-0.2, -0.15) is 13.2 Å². The topological polar surface area (TPSA) is 52.6 Å². The minimum atomic E-state index is -4.17. The summed E-state index contributed by atoms with van der Waals surface area (Å²) in [6.45, 7) is 2.34. The zero-order valence-electron chi connectivity index (χ0n) is 15.0. The van der Waals surface area contributed by atoms with Crippen LogP contribution in [0, 0.1) is 0 Å².